The van der Waals surface area contributed by atoms with Gasteiger partial charge in [0.05, 0.1) is 13.2 Å². The summed E-state index contributed by atoms with van der Waals surface area (Å²) in [6, 6.07) is -0.765. The minimum atomic E-state index is -0.976. The van der Waals surface area contributed by atoms with Gasteiger partial charge in [-0.25, -0.2) is 4.79 Å². The second kappa shape index (κ2) is 9.18. The number of morpholine rings is 1. The van der Waals surface area contributed by atoms with Crippen molar-refractivity contribution in [1.29, 1.82) is 0 Å². The number of rotatable bonds is 9. The highest BCUT2D eigenvalue weighted by atomic mass is 32.2. The van der Waals surface area contributed by atoms with Crippen LogP contribution in [0.2, 0.25) is 0 Å². The second-order valence-corrected chi connectivity index (χ2v) is 5.26. The van der Waals surface area contributed by atoms with E-state index >= 15 is 0 Å². The van der Waals surface area contributed by atoms with E-state index in [1.165, 1.54) is 0 Å². The molecule has 1 fully saturated rings. The summed E-state index contributed by atoms with van der Waals surface area (Å²) < 4.78 is 5.26. The average Bonchev–Trinajstić information content (AvgIpc) is 2.38. The molecule has 1 unspecified atom stereocenters. The number of carbonyl (C=O) groups excluding carboxylic acids is 1. The first kappa shape index (κ1) is 15.3. The summed E-state index contributed by atoms with van der Waals surface area (Å²) in [7, 11) is 0. The van der Waals surface area contributed by atoms with Crippen LogP contribution in [0, 0.1) is 0 Å². The molecule has 7 heteroatoms. The number of carbonyl (C=O) groups is 2. The van der Waals surface area contributed by atoms with Gasteiger partial charge in [-0.1, -0.05) is 0 Å². The molecule has 0 aromatic heterocycles. The maximum absolute atomic E-state index is 10.7. The first-order chi connectivity index (χ1) is 8.74. The minimum Gasteiger partial charge on any atom is -0.480 e. The lowest BCUT2D eigenvalue weighted by Crippen LogP contribution is -2.38. The molecule has 104 valence electrons. The summed E-state index contributed by atoms with van der Waals surface area (Å²) in [6.07, 6.45) is 0.902. The third kappa shape index (κ3) is 6.23. The summed E-state index contributed by atoms with van der Waals surface area (Å²) in [6.45, 7) is 4.56. The molecule has 1 atom stereocenters. The Labute approximate surface area is 111 Å². The molecule has 1 amide bonds. The van der Waals surface area contributed by atoms with Crippen molar-refractivity contribution in [3.63, 3.8) is 0 Å². The van der Waals surface area contributed by atoms with Crippen molar-refractivity contribution < 1.29 is 19.4 Å². The smallest absolute Gasteiger partial charge is 0.326 e. The first-order valence-electron chi connectivity index (χ1n) is 6.04. The second-order valence-electron chi connectivity index (χ2n) is 4.03. The predicted octanol–water partition coefficient (Wildman–Crippen LogP) is -0.359. The molecule has 0 aliphatic carbocycles. The van der Waals surface area contributed by atoms with E-state index in [0.717, 1.165) is 44.4 Å². The van der Waals surface area contributed by atoms with E-state index in [2.05, 4.69) is 10.2 Å². The molecular weight excluding hydrogens is 256 g/mol. The van der Waals surface area contributed by atoms with Gasteiger partial charge in [0.2, 0.25) is 6.41 Å². The van der Waals surface area contributed by atoms with Gasteiger partial charge in [0.25, 0.3) is 0 Å². The fraction of sp³-hybridized carbons (Fsp3) is 0.818. The average molecular weight is 276 g/mol. The number of amides is 1. The normalized spacial score (nSPS) is 18.2. The number of hydrogen-bond donors (Lipinski definition) is 2. The van der Waals surface area contributed by atoms with Gasteiger partial charge < -0.3 is 15.2 Å². The zero-order valence-electron chi connectivity index (χ0n) is 10.3. The number of nitrogens with one attached hydrogen (secondary N) is 1. The zero-order chi connectivity index (χ0) is 13.2. The van der Waals surface area contributed by atoms with Crippen LogP contribution in [0.4, 0.5) is 0 Å². The van der Waals surface area contributed by atoms with Crippen LogP contribution in [0.5, 0.6) is 0 Å². The van der Waals surface area contributed by atoms with Crippen LogP contribution in [0.25, 0.3) is 0 Å². The summed E-state index contributed by atoms with van der Waals surface area (Å²) in [4.78, 5) is 23.3. The summed E-state index contributed by atoms with van der Waals surface area (Å²) in [5.74, 6) is 0.742. The third-order valence-electron chi connectivity index (χ3n) is 2.77. The van der Waals surface area contributed by atoms with Crippen LogP contribution in [-0.2, 0) is 14.3 Å². The Bertz CT molecular complexity index is 259. The number of thioether (sulfide) groups is 1. The Balaban J connectivity index is 2.02. The standard InChI is InChI=1S/C11H20N2O4S/c14-9-12-10(11(15)16)1-7-18-8-4-13-2-5-17-6-3-13/h9-10H,1-8H2,(H,12,14)(H,15,16). The maximum atomic E-state index is 10.7. The molecule has 1 aliphatic heterocycles. The van der Waals surface area contributed by atoms with Gasteiger partial charge in [0.15, 0.2) is 0 Å². The van der Waals surface area contributed by atoms with Gasteiger partial charge in [-0.2, -0.15) is 11.8 Å². The SMILES string of the molecule is O=CNC(CCSCCN1CCOCC1)C(=O)O. The van der Waals surface area contributed by atoms with E-state index in [1.807, 2.05) is 0 Å². The van der Waals surface area contributed by atoms with Crippen molar-refractivity contribution >= 4 is 24.1 Å². The molecule has 18 heavy (non-hydrogen) atoms. The van der Waals surface area contributed by atoms with Gasteiger partial charge in [-0.15, -0.1) is 0 Å². The quantitative estimate of drug-likeness (QED) is 0.442. The van der Waals surface area contributed by atoms with E-state index in [0.29, 0.717) is 12.8 Å². The Hall–Kier alpha value is -0.790. The number of carboxylic acids is 1. The van der Waals surface area contributed by atoms with E-state index in [9.17, 15) is 9.59 Å². The fourth-order valence-corrected chi connectivity index (χ4v) is 2.68. The lowest BCUT2D eigenvalue weighted by molar-refractivity contribution is -0.140. The van der Waals surface area contributed by atoms with Crippen LogP contribution in [0.1, 0.15) is 6.42 Å². The Morgan fingerprint density at radius 3 is 2.78 bits per heavy atom. The van der Waals surface area contributed by atoms with Gasteiger partial charge in [-0.3, -0.25) is 9.69 Å². The molecule has 1 saturated heterocycles. The van der Waals surface area contributed by atoms with Crippen molar-refractivity contribution in [1.82, 2.24) is 10.2 Å². The number of carboxylic acid groups (broad SMARTS) is 1. The molecule has 0 spiro atoms. The van der Waals surface area contributed by atoms with Crippen LogP contribution in [0.15, 0.2) is 0 Å². The highest BCUT2D eigenvalue weighted by Gasteiger charge is 2.15. The molecule has 6 nitrogen and oxygen atoms in total. The molecule has 0 aromatic carbocycles. The maximum Gasteiger partial charge on any atom is 0.326 e. The first-order valence-corrected chi connectivity index (χ1v) is 7.20. The molecule has 2 N–H and O–H groups in total. The zero-order valence-corrected chi connectivity index (χ0v) is 11.2. The van der Waals surface area contributed by atoms with Crippen molar-refractivity contribution in [3.05, 3.63) is 0 Å². The van der Waals surface area contributed by atoms with Crippen LogP contribution >= 0.6 is 11.8 Å². The molecule has 0 aromatic rings. The largest absolute Gasteiger partial charge is 0.480 e. The Morgan fingerprint density at radius 2 is 2.17 bits per heavy atom. The van der Waals surface area contributed by atoms with Crippen LogP contribution in [0.3, 0.4) is 0 Å². The van der Waals surface area contributed by atoms with Crippen molar-refractivity contribution in [2.75, 3.05) is 44.4 Å². The summed E-state index contributed by atoms with van der Waals surface area (Å²) in [5, 5.41) is 11.1. The molecular formula is C11H20N2O4S. The molecule has 0 bridgehead atoms. The van der Waals surface area contributed by atoms with Gasteiger partial charge in [0, 0.05) is 25.4 Å². The lowest BCUT2D eigenvalue weighted by atomic mass is 10.2. The minimum absolute atomic E-state index is 0.442. The van der Waals surface area contributed by atoms with Crippen molar-refractivity contribution in [2.24, 2.45) is 0 Å². The van der Waals surface area contributed by atoms with Crippen LogP contribution in [-0.4, -0.2) is 72.8 Å². The Kier molecular flexibility index (Phi) is 7.79. The Morgan fingerprint density at radius 1 is 1.44 bits per heavy atom. The summed E-state index contributed by atoms with van der Waals surface area (Å²) in [5.41, 5.74) is 0. The van der Waals surface area contributed by atoms with Gasteiger partial charge >= 0.3 is 5.97 Å². The molecule has 0 saturated carbocycles. The molecule has 1 rings (SSSR count). The van der Waals surface area contributed by atoms with Crippen molar-refractivity contribution in [2.45, 2.75) is 12.5 Å². The van der Waals surface area contributed by atoms with E-state index in [1.54, 1.807) is 11.8 Å². The monoisotopic (exact) mass is 276 g/mol. The number of ether oxygens (including phenoxy) is 1. The number of nitrogens with zero attached hydrogens (tertiary/aromatic N) is 1. The van der Waals surface area contributed by atoms with Crippen molar-refractivity contribution in [3.8, 4) is 0 Å². The van der Waals surface area contributed by atoms with E-state index in [4.69, 9.17) is 9.84 Å². The fourth-order valence-electron chi connectivity index (χ4n) is 1.68. The molecule has 1 heterocycles. The topological polar surface area (TPSA) is 78.9 Å². The highest BCUT2D eigenvalue weighted by Crippen LogP contribution is 2.07. The van der Waals surface area contributed by atoms with Gasteiger partial charge in [0.1, 0.15) is 6.04 Å². The van der Waals surface area contributed by atoms with Gasteiger partial charge in [-0.05, 0) is 12.2 Å². The third-order valence-corrected chi connectivity index (χ3v) is 3.77. The lowest BCUT2D eigenvalue weighted by Gasteiger charge is -2.26. The molecule has 0 radical (unpaired) electrons. The number of hydrogen-bond acceptors (Lipinski definition) is 5. The number of aliphatic carboxylic acids is 1. The van der Waals surface area contributed by atoms with Crippen LogP contribution < -0.4 is 5.32 Å². The summed E-state index contributed by atoms with van der Waals surface area (Å²) >= 11 is 1.72. The highest BCUT2D eigenvalue weighted by molar-refractivity contribution is 7.99. The predicted molar refractivity (Wildman–Crippen MR) is 69.8 cm³/mol. The van der Waals surface area contributed by atoms with E-state index in [-0.39, 0.29) is 0 Å². The van der Waals surface area contributed by atoms with E-state index < -0.39 is 12.0 Å². The molecule has 1 aliphatic rings.